The van der Waals surface area contributed by atoms with Gasteiger partial charge < -0.3 is 16.2 Å². The van der Waals surface area contributed by atoms with Gasteiger partial charge in [-0.2, -0.15) is 4.98 Å². The molecule has 0 spiro atoms. The van der Waals surface area contributed by atoms with Crippen LogP contribution in [-0.4, -0.2) is 37.3 Å². The predicted molar refractivity (Wildman–Crippen MR) is 93.0 cm³/mol. The van der Waals surface area contributed by atoms with E-state index in [0.29, 0.717) is 18.9 Å². The molecule has 4 N–H and O–H groups in total. The number of hydrogen-bond donors (Lipinski definition) is 3. The van der Waals surface area contributed by atoms with Crippen LogP contribution >= 0.6 is 0 Å². The Balaban J connectivity index is 1.83. The van der Waals surface area contributed by atoms with Crippen molar-refractivity contribution in [1.29, 1.82) is 0 Å². The zero-order valence-electron chi connectivity index (χ0n) is 13.4. The van der Waals surface area contributed by atoms with Gasteiger partial charge in [-0.25, -0.2) is 9.97 Å². The molecule has 1 unspecified atom stereocenters. The second kappa shape index (κ2) is 7.10. The van der Waals surface area contributed by atoms with E-state index in [4.69, 9.17) is 5.73 Å². The molecule has 0 aliphatic rings. The third-order valence-corrected chi connectivity index (χ3v) is 3.47. The minimum Gasteiger partial charge on any atom is -0.399 e. The molecule has 7 nitrogen and oxygen atoms in total. The molecule has 7 heteroatoms. The van der Waals surface area contributed by atoms with Crippen LogP contribution in [0.2, 0.25) is 0 Å². The normalized spacial score (nSPS) is 12.1. The molecule has 3 aromatic rings. The summed E-state index contributed by atoms with van der Waals surface area (Å²) in [6.07, 6.45) is 5.47. The molecule has 0 aliphatic carbocycles. The highest BCUT2D eigenvalue weighted by Crippen LogP contribution is 2.15. The van der Waals surface area contributed by atoms with Crippen molar-refractivity contribution >= 4 is 11.6 Å². The Hall–Kier alpha value is -2.93. The van der Waals surface area contributed by atoms with Crippen molar-refractivity contribution in [3.8, 4) is 5.82 Å². The lowest BCUT2D eigenvalue weighted by atomic mass is 10.1. The highest BCUT2D eigenvalue weighted by atomic mass is 16.3. The van der Waals surface area contributed by atoms with Gasteiger partial charge in [0.1, 0.15) is 11.6 Å². The van der Waals surface area contributed by atoms with E-state index in [1.165, 1.54) is 0 Å². The maximum absolute atomic E-state index is 9.35. The first-order valence-electron chi connectivity index (χ1n) is 7.74. The summed E-state index contributed by atoms with van der Waals surface area (Å²) < 4.78 is 1.92. The number of rotatable bonds is 6. The molecule has 0 fully saturated rings. The first kappa shape index (κ1) is 15.9. The quantitative estimate of drug-likeness (QED) is 0.596. The van der Waals surface area contributed by atoms with Crippen LogP contribution in [0.3, 0.4) is 0 Å². The molecule has 124 valence electrons. The van der Waals surface area contributed by atoms with E-state index in [2.05, 4.69) is 20.3 Å². The lowest BCUT2D eigenvalue weighted by molar-refractivity contribution is 0.208. The molecule has 0 saturated heterocycles. The minimum absolute atomic E-state index is 0.392. The van der Waals surface area contributed by atoms with Gasteiger partial charge in [0.05, 0.1) is 6.10 Å². The number of nitrogen functional groups attached to an aromatic ring is 1. The molecule has 0 amide bonds. The van der Waals surface area contributed by atoms with Crippen LogP contribution in [0.1, 0.15) is 18.3 Å². The van der Waals surface area contributed by atoms with Gasteiger partial charge in [0.2, 0.25) is 5.95 Å². The van der Waals surface area contributed by atoms with Crippen molar-refractivity contribution in [3.63, 3.8) is 0 Å². The summed E-state index contributed by atoms with van der Waals surface area (Å²) in [5, 5.41) is 12.4. The van der Waals surface area contributed by atoms with Gasteiger partial charge >= 0.3 is 0 Å². The summed E-state index contributed by atoms with van der Waals surface area (Å²) in [6.45, 7) is 2.10. The van der Waals surface area contributed by atoms with Crippen LogP contribution in [0.4, 0.5) is 11.6 Å². The number of aliphatic hydroxyl groups is 1. The molecule has 0 saturated carbocycles. The number of aromatic nitrogens is 4. The van der Waals surface area contributed by atoms with E-state index in [9.17, 15) is 5.11 Å². The molecule has 0 bridgehead atoms. The third-order valence-electron chi connectivity index (χ3n) is 3.47. The van der Waals surface area contributed by atoms with Gasteiger partial charge in [0.15, 0.2) is 0 Å². The Morgan fingerprint density at radius 3 is 2.92 bits per heavy atom. The van der Waals surface area contributed by atoms with Crippen molar-refractivity contribution in [3.05, 3.63) is 60.3 Å². The summed E-state index contributed by atoms with van der Waals surface area (Å²) in [4.78, 5) is 13.1. The molecule has 0 radical (unpaired) electrons. The SMILES string of the molecule is CC(O)CNc1nccc(-n2ccnc2Cc2cccc(N)c2)n1. The number of nitrogens with zero attached hydrogens (tertiary/aromatic N) is 4. The summed E-state index contributed by atoms with van der Waals surface area (Å²) in [5.74, 6) is 2.05. The Bertz CT molecular complexity index is 814. The molecule has 1 aromatic carbocycles. The number of anilines is 2. The Morgan fingerprint density at radius 1 is 1.25 bits per heavy atom. The molecule has 2 aromatic heterocycles. The molecule has 0 aliphatic heterocycles. The number of aliphatic hydroxyl groups excluding tert-OH is 1. The highest BCUT2D eigenvalue weighted by molar-refractivity contribution is 5.42. The largest absolute Gasteiger partial charge is 0.399 e. The van der Waals surface area contributed by atoms with E-state index in [0.717, 1.165) is 22.9 Å². The maximum atomic E-state index is 9.35. The van der Waals surface area contributed by atoms with Crippen molar-refractivity contribution in [2.75, 3.05) is 17.6 Å². The van der Waals surface area contributed by atoms with E-state index < -0.39 is 6.10 Å². The molecule has 24 heavy (non-hydrogen) atoms. The predicted octanol–water partition coefficient (Wildman–Crippen LogP) is 1.63. The van der Waals surface area contributed by atoms with Crippen LogP contribution in [-0.2, 0) is 6.42 Å². The third kappa shape index (κ3) is 3.88. The Morgan fingerprint density at radius 2 is 2.12 bits per heavy atom. The topological polar surface area (TPSA) is 102 Å². The first-order valence-corrected chi connectivity index (χ1v) is 7.74. The van der Waals surface area contributed by atoms with Crippen LogP contribution in [0.15, 0.2) is 48.9 Å². The lowest BCUT2D eigenvalue weighted by Crippen LogP contribution is -2.17. The molecular formula is C17H20N6O. The number of nitrogens with one attached hydrogen (secondary N) is 1. The zero-order valence-corrected chi connectivity index (χ0v) is 13.4. The fourth-order valence-corrected chi connectivity index (χ4v) is 2.37. The molecule has 3 rings (SSSR count). The van der Waals surface area contributed by atoms with Gasteiger partial charge in [0.25, 0.3) is 0 Å². The summed E-state index contributed by atoms with van der Waals surface area (Å²) in [5.41, 5.74) is 7.66. The second-order valence-corrected chi connectivity index (χ2v) is 5.60. The maximum Gasteiger partial charge on any atom is 0.224 e. The first-order chi connectivity index (χ1) is 11.6. The van der Waals surface area contributed by atoms with E-state index in [-0.39, 0.29) is 0 Å². The van der Waals surface area contributed by atoms with Crippen LogP contribution in [0, 0.1) is 0 Å². The van der Waals surface area contributed by atoms with E-state index in [1.807, 2.05) is 41.1 Å². The second-order valence-electron chi connectivity index (χ2n) is 5.60. The number of nitrogens with two attached hydrogens (primary N) is 1. The van der Waals surface area contributed by atoms with E-state index >= 15 is 0 Å². The van der Waals surface area contributed by atoms with Crippen LogP contribution in [0.5, 0.6) is 0 Å². The summed E-state index contributed by atoms with van der Waals surface area (Å²) in [7, 11) is 0. The Kier molecular flexibility index (Phi) is 4.72. The van der Waals surface area contributed by atoms with Crippen molar-refractivity contribution in [2.45, 2.75) is 19.4 Å². The standard InChI is InChI=1S/C17H20N6O/c1-12(24)11-21-17-20-6-5-15(22-17)23-8-7-19-16(23)10-13-3-2-4-14(18)9-13/h2-9,12,24H,10-11,18H2,1H3,(H,20,21,22). The van der Waals surface area contributed by atoms with Gasteiger partial charge in [0, 0.05) is 37.2 Å². The minimum atomic E-state index is -0.468. The highest BCUT2D eigenvalue weighted by Gasteiger charge is 2.09. The fraction of sp³-hybridized carbons (Fsp3) is 0.235. The summed E-state index contributed by atoms with van der Waals surface area (Å²) in [6, 6.07) is 9.57. The van der Waals surface area contributed by atoms with Gasteiger partial charge in [-0.05, 0) is 30.7 Å². The van der Waals surface area contributed by atoms with Crippen molar-refractivity contribution < 1.29 is 5.11 Å². The summed E-state index contributed by atoms with van der Waals surface area (Å²) >= 11 is 0. The number of benzene rings is 1. The fourth-order valence-electron chi connectivity index (χ4n) is 2.37. The van der Waals surface area contributed by atoms with Crippen LogP contribution < -0.4 is 11.1 Å². The lowest BCUT2D eigenvalue weighted by Gasteiger charge is -2.10. The van der Waals surface area contributed by atoms with Gasteiger partial charge in [-0.15, -0.1) is 0 Å². The molecule has 2 heterocycles. The van der Waals surface area contributed by atoms with Gasteiger partial charge in [-0.3, -0.25) is 4.57 Å². The van der Waals surface area contributed by atoms with Crippen molar-refractivity contribution in [2.24, 2.45) is 0 Å². The Labute approximate surface area is 140 Å². The average molecular weight is 324 g/mol. The molecular weight excluding hydrogens is 304 g/mol. The van der Waals surface area contributed by atoms with Gasteiger partial charge in [-0.1, -0.05) is 12.1 Å². The van der Waals surface area contributed by atoms with E-state index in [1.54, 1.807) is 19.3 Å². The molecule has 1 atom stereocenters. The number of imidazole rings is 1. The number of hydrogen-bond acceptors (Lipinski definition) is 6. The monoisotopic (exact) mass is 324 g/mol. The van der Waals surface area contributed by atoms with Crippen LogP contribution in [0.25, 0.3) is 5.82 Å². The van der Waals surface area contributed by atoms with Crippen molar-refractivity contribution in [1.82, 2.24) is 19.5 Å². The smallest absolute Gasteiger partial charge is 0.224 e. The zero-order chi connectivity index (χ0) is 16.9. The average Bonchev–Trinajstić information content (AvgIpc) is 3.01.